The van der Waals surface area contributed by atoms with Crippen LogP contribution in [0, 0.1) is 6.92 Å². The SMILES string of the molecule is Cc1ccc(S(=O)(=O)N2CCCC(c3nnc(COc4ccccc4)o3)C2)cc1. The van der Waals surface area contributed by atoms with Gasteiger partial charge in [0.25, 0.3) is 5.89 Å². The third-order valence-electron chi connectivity index (χ3n) is 4.98. The Morgan fingerprint density at radius 3 is 2.62 bits per heavy atom. The van der Waals surface area contributed by atoms with Crippen LogP contribution in [0.25, 0.3) is 0 Å². The van der Waals surface area contributed by atoms with Crippen LogP contribution in [0.15, 0.2) is 63.9 Å². The second kappa shape index (κ2) is 8.34. The fraction of sp³-hybridized carbons (Fsp3) is 0.333. The maximum atomic E-state index is 13.0. The van der Waals surface area contributed by atoms with Gasteiger partial charge in [-0.3, -0.25) is 0 Å². The lowest BCUT2D eigenvalue weighted by molar-refractivity contribution is 0.243. The lowest BCUT2D eigenvalue weighted by Gasteiger charge is -2.30. The minimum absolute atomic E-state index is 0.123. The zero-order valence-electron chi connectivity index (χ0n) is 16.2. The van der Waals surface area contributed by atoms with Gasteiger partial charge in [-0.1, -0.05) is 35.9 Å². The van der Waals surface area contributed by atoms with Crippen molar-refractivity contribution in [3.63, 3.8) is 0 Å². The summed E-state index contributed by atoms with van der Waals surface area (Å²) in [6, 6.07) is 16.3. The van der Waals surface area contributed by atoms with Gasteiger partial charge in [-0.25, -0.2) is 8.42 Å². The van der Waals surface area contributed by atoms with E-state index in [1.54, 1.807) is 12.1 Å². The van der Waals surface area contributed by atoms with Crippen molar-refractivity contribution in [1.29, 1.82) is 0 Å². The summed E-state index contributed by atoms with van der Waals surface area (Å²) in [5, 5.41) is 8.19. The van der Waals surface area contributed by atoms with Gasteiger partial charge in [-0.15, -0.1) is 10.2 Å². The predicted octanol–water partition coefficient (Wildman–Crippen LogP) is 3.53. The Hall–Kier alpha value is -2.71. The van der Waals surface area contributed by atoms with Gasteiger partial charge in [-0.05, 0) is 44.0 Å². The van der Waals surface area contributed by atoms with E-state index in [2.05, 4.69) is 10.2 Å². The van der Waals surface area contributed by atoms with Crippen LogP contribution >= 0.6 is 0 Å². The molecule has 1 unspecified atom stereocenters. The zero-order chi connectivity index (χ0) is 20.3. The molecule has 1 saturated heterocycles. The number of rotatable bonds is 6. The maximum Gasteiger partial charge on any atom is 0.253 e. The number of ether oxygens (including phenoxy) is 1. The van der Waals surface area contributed by atoms with Crippen LogP contribution in [0.1, 0.15) is 36.1 Å². The lowest BCUT2D eigenvalue weighted by Crippen LogP contribution is -2.39. The molecule has 0 saturated carbocycles. The molecule has 0 amide bonds. The van der Waals surface area contributed by atoms with Gasteiger partial charge in [0.05, 0.1) is 10.8 Å². The van der Waals surface area contributed by atoms with Crippen molar-refractivity contribution in [1.82, 2.24) is 14.5 Å². The van der Waals surface area contributed by atoms with Gasteiger partial charge in [0.15, 0.2) is 6.61 Å². The third kappa shape index (κ3) is 4.49. The molecule has 2 heterocycles. The highest BCUT2D eigenvalue weighted by Gasteiger charge is 2.33. The highest BCUT2D eigenvalue weighted by atomic mass is 32.2. The van der Waals surface area contributed by atoms with Crippen LogP contribution in [0.3, 0.4) is 0 Å². The standard InChI is InChI=1S/C21H23N3O4S/c1-16-9-11-19(12-10-16)29(25,26)24-13-5-6-17(14-24)21-23-22-20(28-21)15-27-18-7-3-2-4-8-18/h2-4,7-12,17H,5-6,13-15H2,1H3. The number of sulfonamides is 1. The van der Waals surface area contributed by atoms with Gasteiger partial charge in [-0.2, -0.15) is 4.31 Å². The summed E-state index contributed by atoms with van der Waals surface area (Å²) in [6.45, 7) is 2.93. The Labute approximate surface area is 170 Å². The van der Waals surface area contributed by atoms with E-state index < -0.39 is 10.0 Å². The molecular formula is C21H23N3O4S. The van der Waals surface area contributed by atoms with E-state index >= 15 is 0 Å². The van der Waals surface area contributed by atoms with E-state index in [4.69, 9.17) is 9.15 Å². The van der Waals surface area contributed by atoms with Crippen LogP contribution in [0.5, 0.6) is 5.75 Å². The van der Waals surface area contributed by atoms with Gasteiger partial charge in [0, 0.05) is 13.1 Å². The largest absolute Gasteiger partial charge is 0.484 e. The number of aryl methyl sites for hydroxylation is 1. The van der Waals surface area contributed by atoms with Gasteiger partial charge >= 0.3 is 0 Å². The van der Waals surface area contributed by atoms with Crippen LogP contribution in [0.4, 0.5) is 0 Å². The molecule has 2 aromatic carbocycles. The summed E-state index contributed by atoms with van der Waals surface area (Å²) in [5.74, 6) is 1.44. The van der Waals surface area contributed by atoms with Crippen LogP contribution < -0.4 is 4.74 Å². The Morgan fingerprint density at radius 2 is 1.86 bits per heavy atom. The third-order valence-corrected chi connectivity index (χ3v) is 6.86. The molecule has 1 atom stereocenters. The van der Waals surface area contributed by atoms with Crippen molar-refractivity contribution in [2.75, 3.05) is 13.1 Å². The second-order valence-electron chi connectivity index (χ2n) is 7.15. The summed E-state index contributed by atoms with van der Waals surface area (Å²) >= 11 is 0. The number of benzene rings is 2. The van der Waals surface area contributed by atoms with Gasteiger partial charge < -0.3 is 9.15 Å². The molecule has 0 bridgehead atoms. The molecule has 152 valence electrons. The lowest BCUT2D eigenvalue weighted by atomic mass is 10.00. The molecule has 7 nitrogen and oxygen atoms in total. The minimum Gasteiger partial charge on any atom is -0.484 e. The molecule has 4 rings (SSSR count). The molecule has 0 aliphatic carbocycles. The molecule has 1 fully saturated rings. The normalized spacial score (nSPS) is 17.9. The van der Waals surface area contributed by atoms with Gasteiger partial charge in [0.1, 0.15) is 5.75 Å². The molecule has 0 spiro atoms. The van der Waals surface area contributed by atoms with E-state index in [1.807, 2.05) is 49.4 Å². The Kier molecular flexibility index (Phi) is 5.64. The van der Waals surface area contributed by atoms with E-state index in [0.29, 0.717) is 29.8 Å². The van der Waals surface area contributed by atoms with E-state index in [0.717, 1.165) is 24.2 Å². The van der Waals surface area contributed by atoms with E-state index in [9.17, 15) is 8.42 Å². The Bertz CT molecular complexity index is 1050. The average Bonchev–Trinajstić information content (AvgIpc) is 3.23. The van der Waals surface area contributed by atoms with Crippen LogP contribution in [-0.2, 0) is 16.6 Å². The first kappa shape index (κ1) is 19.6. The molecule has 8 heteroatoms. The Morgan fingerprint density at radius 1 is 1.10 bits per heavy atom. The van der Waals surface area contributed by atoms with Crippen molar-refractivity contribution in [3.05, 3.63) is 71.9 Å². The molecule has 29 heavy (non-hydrogen) atoms. The number of hydrogen-bond acceptors (Lipinski definition) is 6. The molecule has 1 aromatic heterocycles. The van der Waals surface area contributed by atoms with E-state index in [1.165, 1.54) is 4.31 Å². The zero-order valence-corrected chi connectivity index (χ0v) is 17.0. The number of aromatic nitrogens is 2. The smallest absolute Gasteiger partial charge is 0.253 e. The maximum absolute atomic E-state index is 13.0. The fourth-order valence-corrected chi connectivity index (χ4v) is 4.90. The second-order valence-corrected chi connectivity index (χ2v) is 9.09. The van der Waals surface area contributed by atoms with Crippen molar-refractivity contribution in [3.8, 4) is 5.75 Å². The molecular weight excluding hydrogens is 390 g/mol. The quantitative estimate of drug-likeness (QED) is 0.615. The topological polar surface area (TPSA) is 85.5 Å². The minimum atomic E-state index is -3.54. The number of nitrogens with zero attached hydrogens (tertiary/aromatic N) is 3. The first-order chi connectivity index (χ1) is 14.0. The van der Waals surface area contributed by atoms with Gasteiger partial charge in [0.2, 0.25) is 15.9 Å². The molecule has 3 aromatic rings. The van der Waals surface area contributed by atoms with Crippen LogP contribution in [-0.4, -0.2) is 36.0 Å². The summed E-state index contributed by atoms with van der Waals surface area (Å²) in [5.41, 5.74) is 1.02. The number of para-hydroxylation sites is 1. The average molecular weight is 413 g/mol. The summed E-state index contributed by atoms with van der Waals surface area (Å²) < 4.78 is 38.9. The van der Waals surface area contributed by atoms with Crippen LogP contribution in [0.2, 0.25) is 0 Å². The monoisotopic (exact) mass is 413 g/mol. The van der Waals surface area contributed by atoms with Crippen molar-refractivity contribution >= 4 is 10.0 Å². The molecule has 1 aliphatic heterocycles. The highest BCUT2D eigenvalue weighted by Crippen LogP contribution is 2.30. The van der Waals surface area contributed by atoms with Crippen molar-refractivity contribution in [2.45, 2.75) is 37.2 Å². The molecule has 0 radical (unpaired) electrons. The Balaban J connectivity index is 1.43. The summed E-state index contributed by atoms with van der Waals surface area (Å²) in [6.07, 6.45) is 1.55. The molecule has 0 N–H and O–H groups in total. The van der Waals surface area contributed by atoms with E-state index in [-0.39, 0.29) is 12.5 Å². The first-order valence-corrected chi connectivity index (χ1v) is 11.0. The number of hydrogen-bond donors (Lipinski definition) is 0. The first-order valence-electron chi connectivity index (χ1n) is 9.59. The summed E-state index contributed by atoms with van der Waals surface area (Å²) in [7, 11) is -3.54. The highest BCUT2D eigenvalue weighted by molar-refractivity contribution is 7.89. The number of piperidine rings is 1. The van der Waals surface area contributed by atoms with Crippen molar-refractivity contribution < 1.29 is 17.6 Å². The summed E-state index contributed by atoms with van der Waals surface area (Å²) in [4.78, 5) is 0.311. The molecule has 1 aliphatic rings. The fourth-order valence-electron chi connectivity index (χ4n) is 3.37. The predicted molar refractivity (Wildman–Crippen MR) is 107 cm³/mol. The van der Waals surface area contributed by atoms with Crippen molar-refractivity contribution in [2.24, 2.45) is 0 Å².